The molecule has 0 bridgehead atoms. The lowest BCUT2D eigenvalue weighted by molar-refractivity contribution is -0.170. The Morgan fingerprint density at radius 3 is 2.22 bits per heavy atom. The van der Waals surface area contributed by atoms with Crippen LogP contribution in [0.1, 0.15) is 61.3 Å². The maximum absolute atomic E-state index is 14.1. The zero-order valence-electron chi connectivity index (χ0n) is 25.3. The van der Waals surface area contributed by atoms with E-state index in [9.17, 15) is 18.8 Å². The van der Waals surface area contributed by atoms with Crippen molar-refractivity contribution in [1.82, 2.24) is 19.4 Å². The SMILES string of the molecule is CN(C)C1(c2ccccc2)CCC(c2[nH]c3ccc(F)cc3c2CCn2ccnc2)CC1.O=C(O)CC(O)(CC(=O)O)C(=O)O. The molecular weight excluding hydrogens is 583 g/mol. The summed E-state index contributed by atoms with van der Waals surface area (Å²) in [7, 11) is 4.41. The van der Waals surface area contributed by atoms with Crippen LogP contribution in [0.5, 0.6) is 0 Å². The van der Waals surface area contributed by atoms with Gasteiger partial charge >= 0.3 is 17.9 Å². The Kier molecular flexibility index (Phi) is 10.4. The second-order valence-electron chi connectivity index (χ2n) is 11.8. The lowest BCUT2D eigenvalue weighted by atomic mass is 9.70. The first-order valence-corrected chi connectivity index (χ1v) is 14.7. The van der Waals surface area contributed by atoms with Gasteiger partial charge in [0.1, 0.15) is 5.82 Å². The van der Waals surface area contributed by atoms with E-state index in [4.69, 9.17) is 20.4 Å². The third-order valence-corrected chi connectivity index (χ3v) is 8.75. The summed E-state index contributed by atoms with van der Waals surface area (Å²) >= 11 is 0. The van der Waals surface area contributed by atoms with Crippen molar-refractivity contribution in [2.24, 2.45) is 0 Å². The van der Waals surface area contributed by atoms with Gasteiger partial charge in [-0.05, 0) is 81.4 Å². The minimum Gasteiger partial charge on any atom is -0.481 e. The molecule has 1 saturated carbocycles. The van der Waals surface area contributed by atoms with Gasteiger partial charge in [0.05, 0.1) is 19.2 Å². The van der Waals surface area contributed by atoms with E-state index in [1.807, 2.05) is 18.6 Å². The molecule has 0 aliphatic heterocycles. The number of aliphatic hydroxyl groups is 1. The normalized spacial score (nSPS) is 18.4. The molecule has 0 amide bonds. The first kappa shape index (κ1) is 33.3. The maximum atomic E-state index is 14.1. The highest BCUT2D eigenvalue weighted by molar-refractivity contribution is 5.88. The number of fused-ring (bicyclic) bond motifs is 1. The van der Waals surface area contributed by atoms with E-state index >= 15 is 0 Å². The van der Waals surface area contributed by atoms with E-state index in [2.05, 4.69) is 63.9 Å². The van der Waals surface area contributed by atoms with Crippen LogP contribution in [0.4, 0.5) is 4.39 Å². The number of carbonyl (C=O) groups is 3. The highest BCUT2D eigenvalue weighted by Crippen LogP contribution is 2.47. The van der Waals surface area contributed by atoms with Crippen LogP contribution in [0.2, 0.25) is 0 Å². The predicted octanol–water partition coefficient (Wildman–Crippen LogP) is 4.61. The summed E-state index contributed by atoms with van der Waals surface area (Å²) in [4.78, 5) is 40.7. The van der Waals surface area contributed by atoms with Crippen LogP contribution in [-0.4, -0.2) is 77.5 Å². The molecule has 1 aliphatic rings. The Hall–Kier alpha value is -4.55. The van der Waals surface area contributed by atoms with Gasteiger partial charge < -0.3 is 30.0 Å². The van der Waals surface area contributed by atoms with Crippen LogP contribution in [-0.2, 0) is 32.9 Å². The fourth-order valence-corrected chi connectivity index (χ4v) is 6.36. The van der Waals surface area contributed by atoms with Crippen LogP contribution in [0.15, 0.2) is 67.3 Å². The molecule has 0 spiro atoms. The van der Waals surface area contributed by atoms with Gasteiger partial charge in [-0.3, -0.25) is 14.5 Å². The third kappa shape index (κ3) is 7.76. The molecular formula is C33H39FN4O7. The van der Waals surface area contributed by atoms with Crippen molar-refractivity contribution < 1.29 is 39.2 Å². The van der Waals surface area contributed by atoms with Crippen LogP contribution >= 0.6 is 0 Å². The van der Waals surface area contributed by atoms with Gasteiger partial charge in [-0.25, -0.2) is 14.2 Å². The molecule has 4 aromatic rings. The van der Waals surface area contributed by atoms with E-state index in [1.165, 1.54) is 16.8 Å². The monoisotopic (exact) mass is 622 g/mol. The first-order valence-electron chi connectivity index (χ1n) is 14.7. The lowest BCUT2D eigenvalue weighted by Crippen LogP contribution is -2.44. The van der Waals surface area contributed by atoms with Crippen LogP contribution in [0.3, 0.4) is 0 Å². The van der Waals surface area contributed by atoms with E-state index in [1.54, 1.807) is 18.3 Å². The molecule has 2 heterocycles. The van der Waals surface area contributed by atoms with Gasteiger partial charge in [-0.1, -0.05) is 30.3 Å². The Morgan fingerprint density at radius 1 is 1.04 bits per heavy atom. The summed E-state index contributed by atoms with van der Waals surface area (Å²) in [6.45, 7) is 0.842. The number of halogens is 1. The fraction of sp³-hybridized carbons (Fsp3) is 0.394. The van der Waals surface area contributed by atoms with Gasteiger partial charge in [-0.15, -0.1) is 0 Å². The summed E-state index contributed by atoms with van der Waals surface area (Å²) < 4.78 is 16.2. The number of rotatable bonds is 11. The first-order chi connectivity index (χ1) is 21.3. The fourth-order valence-electron chi connectivity index (χ4n) is 6.36. The standard InChI is InChI=1S/C27H31FN4.C6H8O7/c1-31(2)27(21-6-4-3-5-7-21)13-10-20(11-14-27)26-23(12-16-32-17-15-29-19-32)24-18-22(28)8-9-25(24)30-26;7-3(8)1-6(13,5(11)12)2-4(9)10/h3-9,15,17-20,30H,10-14,16H2,1-2H3;13H,1-2H2,(H,7,8)(H,9,10)(H,11,12). The average molecular weight is 623 g/mol. The number of aromatic amines is 1. The Balaban J connectivity index is 0.000000302. The topological polar surface area (TPSA) is 169 Å². The molecule has 0 unspecified atom stereocenters. The number of aromatic nitrogens is 3. The highest BCUT2D eigenvalue weighted by atomic mass is 19.1. The maximum Gasteiger partial charge on any atom is 0.336 e. The summed E-state index contributed by atoms with van der Waals surface area (Å²) in [6.07, 6.45) is 8.66. The van der Waals surface area contributed by atoms with Gasteiger partial charge in [0.25, 0.3) is 0 Å². The van der Waals surface area contributed by atoms with E-state index in [0.717, 1.165) is 49.6 Å². The number of carboxylic acid groups (broad SMARTS) is 3. The number of aryl methyl sites for hydroxylation is 2. The number of carboxylic acids is 3. The van der Waals surface area contributed by atoms with E-state index in [0.29, 0.717) is 5.92 Å². The Morgan fingerprint density at radius 2 is 1.69 bits per heavy atom. The van der Waals surface area contributed by atoms with Crippen LogP contribution < -0.4 is 0 Å². The van der Waals surface area contributed by atoms with Crippen molar-refractivity contribution >= 4 is 28.8 Å². The number of nitrogens with one attached hydrogen (secondary N) is 1. The van der Waals surface area contributed by atoms with Crippen molar-refractivity contribution in [2.75, 3.05) is 14.1 Å². The molecule has 45 heavy (non-hydrogen) atoms. The highest BCUT2D eigenvalue weighted by Gasteiger charge is 2.41. The second kappa shape index (κ2) is 14.0. The molecule has 240 valence electrons. The summed E-state index contributed by atoms with van der Waals surface area (Å²) in [5.41, 5.74) is 2.34. The number of hydrogen-bond acceptors (Lipinski definition) is 6. The number of H-pyrrole nitrogens is 1. The molecule has 5 rings (SSSR count). The largest absolute Gasteiger partial charge is 0.481 e. The van der Waals surface area contributed by atoms with E-state index < -0.39 is 36.4 Å². The smallest absolute Gasteiger partial charge is 0.336 e. The minimum absolute atomic E-state index is 0.0762. The van der Waals surface area contributed by atoms with Gasteiger partial charge in [0, 0.05) is 41.1 Å². The van der Waals surface area contributed by atoms with Gasteiger partial charge in [-0.2, -0.15) is 0 Å². The van der Waals surface area contributed by atoms with Crippen LogP contribution in [0.25, 0.3) is 10.9 Å². The van der Waals surface area contributed by atoms with Crippen molar-refractivity contribution in [3.8, 4) is 0 Å². The summed E-state index contributed by atoms with van der Waals surface area (Å²) in [6, 6.07) is 16.0. The van der Waals surface area contributed by atoms with Gasteiger partial charge in [0.15, 0.2) is 5.60 Å². The van der Waals surface area contributed by atoms with E-state index in [-0.39, 0.29) is 11.4 Å². The number of hydrogen-bond donors (Lipinski definition) is 5. The van der Waals surface area contributed by atoms with Crippen molar-refractivity contribution in [1.29, 1.82) is 0 Å². The predicted molar refractivity (Wildman–Crippen MR) is 164 cm³/mol. The zero-order valence-corrected chi connectivity index (χ0v) is 25.3. The summed E-state index contributed by atoms with van der Waals surface area (Å²) in [5, 5.41) is 34.8. The molecule has 1 aliphatic carbocycles. The molecule has 2 aromatic carbocycles. The van der Waals surface area contributed by atoms with Crippen molar-refractivity contribution in [3.05, 3.63) is 89.9 Å². The number of aliphatic carboxylic acids is 3. The second-order valence-corrected chi connectivity index (χ2v) is 11.8. The van der Waals surface area contributed by atoms with Gasteiger partial charge in [0.2, 0.25) is 0 Å². The molecule has 0 radical (unpaired) electrons. The minimum atomic E-state index is -2.74. The Labute approximate surface area is 260 Å². The quantitative estimate of drug-likeness (QED) is 0.160. The molecule has 0 atom stereocenters. The molecule has 2 aromatic heterocycles. The molecule has 0 saturated heterocycles. The van der Waals surface area contributed by atoms with Crippen molar-refractivity contribution in [3.63, 3.8) is 0 Å². The van der Waals surface area contributed by atoms with Crippen molar-refractivity contribution in [2.45, 2.75) is 68.5 Å². The molecule has 11 nitrogen and oxygen atoms in total. The van der Waals surface area contributed by atoms with Crippen LogP contribution in [0, 0.1) is 5.82 Å². The zero-order chi connectivity index (χ0) is 32.8. The number of nitrogens with zero attached hydrogens (tertiary/aromatic N) is 3. The molecule has 5 N–H and O–H groups in total. The molecule has 12 heteroatoms. The Bertz CT molecular complexity index is 1590. The summed E-state index contributed by atoms with van der Waals surface area (Å²) in [5.74, 6) is -4.74. The lowest BCUT2D eigenvalue weighted by Gasteiger charge is -2.45. The average Bonchev–Trinajstić information content (AvgIpc) is 3.63. The molecule has 1 fully saturated rings. The number of benzene rings is 2. The third-order valence-electron chi connectivity index (χ3n) is 8.75. The number of imidazole rings is 1.